The Labute approximate surface area is 149 Å². The maximum absolute atomic E-state index is 6.44. The molecule has 1 N–H and O–H groups in total. The van der Waals surface area contributed by atoms with E-state index in [9.17, 15) is 0 Å². The van der Waals surface area contributed by atoms with Gasteiger partial charge in [0.2, 0.25) is 0 Å². The quantitative estimate of drug-likeness (QED) is 0.668. The largest absolute Gasteiger partial charge is 0.456 e. The first-order valence-electron chi connectivity index (χ1n) is 8.96. The average molecular weight is 334 g/mol. The van der Waals surface area contributed by atoms with Gasteiger partial charge in [0.1, 0.15) is 17.5 Å². The van der Waals surface area contributed by atoms with Crippen LogP contribution in [-0.2, 0) is 0 Å². The smallest absolute Gasteiger partial charge is 0.149 e. The van der Waals surface area contributed by atoms with E-state index in [1.165, 1.54) is 21.7 Å². The van der Waals surface area contributed by atoms with Crippen LogP contribution in [0.4, 0.5) is 0 Å². The molecule has 4 rings (SSSR count). The molecule has 1 unspecified atom stereocenters. The summed E-state index contributed by atoms with van der Waals surface area (Å²) in [6, 6.07) is 13.1. The predicted molar refractivity (Wildman–Crippen MR) is 105 cm³/mol. The van der Waals surface area contributed by atoms with Crippen molar-refractivity contribution in [3.8, 4) is 0 Å². The van der Waals surface area contributed by atoms with Crippen LogP contribution in [0.1, 0.15) is 45.2 Å². The van der Waals surface area contributed by atoms with Gasteiger partial charge < -0.3 is 9.32 Å². The molecular weight excluding hydrogens is 308 g/mol. The Morgan fingerprint density at radius 1 is 1.08 bits per heavy atom. The van der Waals surface area contributed by atoms with E-state index < -0.39 is 0 Å². The normalized spacial score (nSPS) is 18.8. The van der Waals surface area contributed by atoms with E-state index in [1.54, 1.807) is 0 Å². The van der Waals surface area contributed by atoms with Crippen LogP contribution in [0.3, 0.4) is 0 Å². The molecule has 1 aliphatic heterocycles. The summed E-state index contributed by atoms with van der Waals surface area (Å²) in [5, 5.41) is 7.33. The van der Waals surface area contributed by atoms with E-state index in [4.69, 9.17) is 4.42 Å². The Balaban J connectivity index is 1.86. The number of nitrogens with zero attached hydrogens (tertiary/aromatic N) is 1. The molecule has 0 radical (unpaired) electrons. The van der Waals surface area contributed by atoms with Gasteiger partial charge in [-0.15, -0.1) is 0 Å². The fourth-order valence-electron chi connectivity index (χ4n) is 3.38. The van der Waals surface area contributed by atoms with Crippen molar-refractivity contribution in [3.05, 3.63) is 53.9 Å². The van der Waals surface area contributed by atoms with Gasteiger partial charge in [0.15, 0.2) is 0 Å². The van der Waals surface area contributed by atoms with Gasteiger partial charge in [-0.3, -0.25) is 5.32 Å². The maximum Gasteiger partial charge on any atom is 0.149 e. The average Bonchev–Trinajstić information content (AvgIpc) is 2.95. The molecule has 1 aromatic heterocycles. The van der Waals surface area contributed by atoms with Gasteiger partial charge in [-0.25, -0.2) is 0 Å². The lowest BCUT2D eigenvalue weighted by atomic mass is 9.87. The van der Waals surface area contributed by atoms with Crippen molar-refractivity contribution in [2.45, 2.75) is 39.9 Å². The van der Waals surface area contributed by atoms with Gasteiger partial charge in [0.05, 0.1) is 0 Å². The van der Waals surface area contributed by atoms with Crippen LogP contribution in [0.15, 0.2) is 47.0 Å². The highest BCUT2D eigenvalue weighted by atomic mass is 16.3. The number of benzene rings is 2. The first kappa shape index (κ1) is 16.2. The fraction of sp³-hybridized carbons (Fsp3) is 0.364. The highest BCUT2D eigenvalue weighted by Gasteiger charge is 2.31. The van der Waals surface area contributed by atoms with Gasteiger partial charge in [-0.05, 0) is 29.9 Å². The molecule has 2 atom stereocenters. The Bertz CT molecular complexity index is 961. The second-order valence-corrected chi connectivity index (χ2v) is 8.18. The van der Waals surface area contributed by atoms with Gasteiger partial charge in [0, 0.05) is 35.6 Å². The third-order valence-electron chi connectivity index (χ3n) is 5.49. The van der Waals surface area contributed by atoms with Crippen molar-refractivity contribution >= 4 is 27.8 Å². The molecule has 3 aromatic rings. The molecule has 1 aliphatic rings. The number of hydrogen-bond acceptors (Lipinski definition) is 3. The number of furan rings is 1. The first-order valence-corrected chi connectivity index (χ1v) is 8.96. The third-order valence-corrected chi connectivity index (χ3v) is 5.49. The van der Waals surface area contributed by atoms with E-state index in [0.29, 0.717) is 6.04 Å². The monoisotopic (exact) mass is 334 g/mol. The Morgan fingerprint density at radius 2 is 1.84 bits per heavy atom. The van der Waals surface area contributed by atoms with Crippen molar-refractivity contribution in [3.63, 3.8) is 0 Å². The lowest BCUT2D eigenvalue weighted by Gasteiger charge is -2.36. The van der Waals surface area contributed by atoms with Crippen molar-refractivity contribution in [1.82, 2.24) is 10.2 Å². The summed E-state index contributed by atoms with van der Waals surface area (Å²) in [5.41, 5.74) is 2.36. The Kier molecular flexibility index (Phi) is 3.66. The lowest BCUT2D eigenvalue weighted by Crippen LogP contribution is -2.45. The predicted octanol–water partition coefficient (Wildman–Crippen LogP) is 5.52. The summed E-state index contributed by atoms with van der Waals surface area (Å²) >= 11 is 0. The van der Waals surface area contributed by atoms with Crippen LogP contribution in [0.25, 0.3) is 27.8 Å². The molecule has 0 fully saturated rings. The molecule has 0 aliphatic carbocycles. The van der Waals surface area contributed by atoms with Crippen molar-refractivity contribution in [2.75, 3.05) is 7.05 Å². The molecule has 3 nitrogen and oxygen atoms in total. The van der Waals surface area contributed by atoms with Crippen LogP contribution in [0, 0.1) is 5.41 Å². The molecule has 0 amide bonds. The number of hydrogen-bond donors (Lipinski definition) is 1. The minimum absolute atomic E-state index is 0.0420. The molecule has 0 saturated heterocycles. The number of fused-ring (bicyclic) bond motifs is 5. The zero-order valence-electron chi connectivity index (χ0n) is 15.6. The minimum atomic E-state index is 0.0420. The van der Waals surface area contributed by atoms with Crippen molar-refractivity contribution < 1.29 is 4.42 Å². The molecule has 0 saturated carbocycles. The topological polar surface area (TPSA) is 28.4 Å². The van der Waals surface area contributed by atoms with Crippen LogP contribution in [-0.4, -0.2) is 18.0 Å². The Hall–Kier alpha value is -2.26. The van der Waals surface area contributed by atoms with Crippen molar-refractivity contribution in [1.29, 1.82) is 0 Å². The number of rotatable bonds is 2. The maximum atomic E-state index is 6.44. The van der Waals surface area contributed by atoms with Gasteiger partial charge in [-0.1, -0.05) is 51.1 Å². The van der Waals surface area contributed by atoms with E-state index in [1.807, 2.05) is 0 Å². The van der Waals surface area contributed by atoms with E-state index >= 15 is 0 Å². The highest BCUT2D eigenvalue weighted by Crippen LogP contribution is 2.39. The third kappa shape index (κ3) is 2.63. The molecule has 0 bridgehead atoms. The van der Waals surface area contributed by atoms with Crippen LogP contribution in [0.2, 0.25) is 0 Å². The van der Waals surface area contributed by atoms with Crippen LogP contribution in [0.5, 0.6) is 0 Å². The summed E-state index contributed by atoms with van der Waals surface area (Å²) in [4.78, 5) is 2.19. The molecule has 2 heterocycles. The molecule has 25 heavy (non-hydrogen) atoms. The van der Waals surface area contributed by atoms with Gasteiger partial charge in [0.25, 0.3) is 0 Å². The molecule has 3 heteroatoms. The van der Waals surface area contributed by atoms with Gasteiger partial charge in [-0.2, -0.15) is 0 Å². The molecular formula is C22H26N2O. The van der Waals surface area contributed by atoms with Crippen molar-refractivity contribution in [2.24, 2.45) is 5.41 Å². The molecule has 0 spiro atoms. The van der Waals surface area contributed by atoms with Crippen LogP contribution >= 0.6 is 0 Å². The summed E-state index contributed by atoms with van der Waals surface area (Å²) < 4.78 is 6.44. The lowest BCUT2D eigenvalue weighted by molar-refractivity contribution is 0.173. The second kappa shape index (κ2) is 5.63. The Morgan fingerprint density at radius 3 is 2.60 bits per heavy atom. The summed E-state index contributed by atoms with van der Waals surface area (Å²) in [6.45, 7) is 9.02. The van der Waals surface area contributed by atoms with E-state index in [-0.39, 0.29) is 11.6 Å². The van der Waals surface area contributed by atoms with E-state index in [0.717, 1.165) is 11.3 Å². The summed E-state index contributed by atoms with van der Waals surface area (Å²) in [7, 11) is 2.10. The zero-order valence-corrected chi connectivity index (χ0v) is 15.6. The fourth-order valence-corrected chi connectivity index (χ4v) is 3.38. The van der Waals surface area contributed by atoms with Crippen LogP contribution < -0.4 is 5.32 Å². The summed E-state index contributed by atoms with van der Waals surface area (Å²) in [6.07, 6.45) is 4.34. The van der Waals surface area contributed by atoms with E-state index in [2.05, 4.69) is 93.6 Å². The number of nitrogens with one attached hydrogen (secondary N) is 1. The van der Waals surface area contributed by atoms with Gasteiger partial charge >= 0.3 is 0 Å². The molecule has 2 aromatic carbocycles. The zero-order chi connectivity index (χ0) is 17.8. The second-order valence-electron chi connectivity index (χ2n) is 8.18. The SMILES string of the molecule is C[C@@H](NC1c2oc3c(ccc4ccccc43)c2C=CN1C)C(C)(C)C. The highest BCUT2D eigenvalue weighted by molar-refractivity contribution is 6.07. The minimum Gasteiger partial charge on any atom is -0.456 e. The molecule has 130 valence electrons. The standard InChI is InChI=1S/C22H26N2O/c1-14(22(2,3)4)23-21-20-18(12-13-24(21)5)17-11-10-15-8-6-7-9-16(15)19(17)25-20/h6-14,21,23H,1-5H3/t14-,21?/m1/s1. The summed E-state index contributed by atoms with van der Waals surface area (Å²) in [5.74, 6) is 1.01. The first-order chi connectivity index (χ1) is 11.9.